The van der Waals surface area contributed by atoms with Crippen LogP contribution < -0.4 is 11.1 Å². The molecule has 17 heavy (non-hydrogen) atoms. The molecule has 0 spiro atoms. The first-order chi connectivity index (χ1) is 8.18. The van der Waals surface area contributed by atoms with Crippen molar-refractivity contribution in [2.45, 2.75) is 6.92 Å². The van der Waals surface area contributed by atoms with Crippen molar-refractivity contribution in [1.29, 1.82) is 0 Å². The molecule has 0 atom stereocenters. The van der Waals surface area contributed by atoms with E-state index in [0.29, 0.717) is 16.4 Å². The fraction of sp³-hybridized carbons (Fsp3) is 0.0833. The second-order valence-corrected chi connectivity index (χ2v) is 4.04. The first kappa shape index (κ1) is 11.5. The largest absolute Gasteiger partial charge is 0.389 e. The Labute approximate surface area is 105 Å². The number of aryl methyl sites for hydroxylation is 1. The predicted octanol–water partition coefficient (Wildman–Crippen LogP) is 2.16. The third-order valence-corrected chi connectivity index (χ3v) is 2.60. The van der Waals surface area contributed by atoms with Gasteiger partial charge in [-0.05, 0) is 24.6 Å². The van der Waals surface area contributed by atoms with Crippen molar-refractivity contribution in [2.24, 2.45) is 5.73 Å². The molecule has 2 rings (SSSR count). The van der Waals surface area contributed by atoms with Crippen LogP contribution in [0.15, 0.2) is 36.5 Å². The van der Waals surface area contributed by atoms with Gasteiger partial charge in [0.1, 0.15) is 4.99 Å². The fourth-order valence-corrected chi connectivity index (χ4v) is 1.63. The Bertz CT molecular complexity index is 554. The number of aromatic nitrogens is 2. The van der Waals surface area contributed by atoms with E-state index >= 15 is 0 Å². The molecule has 0 aliphatic carbocycles. The smallest absolute Gasteiger partial charge is 0.163 e. The average molecular weight is 244 g/mol. The summed E-state index contributed by atoms with van der Waals surface area (Å²) in [5, 5.41) is 11.0. The number of rotatable bonds is 3. The minimum atomic E-state index is 0.302. The van der Waals surface area contributed by atoms with Crippen molar-refractivity contribution in [2.75, 3.05) is 5.32 Å². The molecule has 3 N–H and O–H groups in total. The number of thiocarbonyl (C=S) groups is 1. The minimum absolute atomic E-state index is 0.302. The molecule has 1 heterocycles. The predicted molar refractivity (Wildman–Crippen MR) is 72.4 cm³/mol. The number of benzene rings is 1. The van der Waals surface area contributed by atoms with E-state index in [2.05, 4.69) is 15.5 Å². The Morgan fingerprint density at radius 3 is 2.76 bits per heavy atom. The molecule has 2 aromatic rings. The van der Waals surface area contributed by atoms with Crippen molar-refractivity contribution >= 4 is 28.7 Å². The van der Waals surface area contributed by atoms with Crippen LogP contribution in [-0.4, -0.2) is 15.2 Å². The molecular formula is C12H12N4S. The lowest BCUT2D eigenvalue weighted by atomic mass is 10.2. The first-order valence-electron chi connectivity index (χ1n) is 5.12. The Morgan fingerprint density at radius 1 is 1.29 bits per heavy atom. The molecule has 0 saturated heterocycles. The molecule has 0 fully saturated rings. The van der Waals surface area contributed by atoms with E-state index in [1.165, 1.54) is 0 Å². The maximum atomic E-state index is 5.63. The Hall–Kier alpha value is -2.01. The number of hydrogen-bond acceptors (Lipinski definition) is 4. The van der Waals surface area contributed by atoms with Crippen molar-refractivity contribution in [3.8, 4) is 0 Å². The van der Waals surface area contributed by atoms with Gasteiger partial charge in [-0.15, -0.1) is 5.10 Å². The van der Waals surface area contributed by atoms with Gasteiger partial charge in [0.05, 0.1) is 11.8 Å². The molecule has 86 valence electrons. The lowest BCUT2D eigenvalue weighted by Crippen LogP contribution is -2.13. The van der Waals surface area contributed by atoms with Crippen molar-refractivity contribution in [1.82, 2.24) is 10.2 Å². The van der Waals surface area contributed by atoms with Crippen LogP contribution in [0.3, 0.4) is 0 Å². The van der Waals surface area contributed by atoms with Crippen LogP contribution in [0.4, 0.5) is 11.5 Å². The summed E-state index contributed by atoms with van der Waals surface area (Å²) in [5.74, 6) is 0.578. The summed E-state index contributed by atoms with van der Waals surface area (Å²) in [7, 11) is 0. The quantitative estimate of drug-likeness (QED) is 0.810. The normalized spacial score (nSPS) is 9.94. The third kappa shape index (κ3) is 2.57. The Kier molecular flexibility index (Phi) is 3.30. The van der Waals surface area contributed by atoms with Crippen LogP contribution in [0, 0.1) is 6.92 Å². The first-order valence-corrected chi connectivity index (χ1v) is 5.53. The average Bonchev–Trinajstić information content (AvgIpc) is 2.32. The van der Waals surface area contributed by atoms with Crippen LogP contribution >= 0.6 is 12.2 Å². The van der Waals surface area contributed by atoms with E-state index in [4.69, 9.17) is 18.0 Å². The SMILES string of the molecule is Cc1ccccc1Nc1nnccc1C(N)=S. The Morgan fingerprint density at radius 2 is 2.06 bits per heavy atom. The maximum Gasteiger partial charge on any atom is 0.163 e. The van der Waals surface area contributed by atoms with Gasteiger partial charge in [0.2, 0.25) is 0 Å². The molecule has 0 aliphatic rings. The summed E-state index contributed by atoms with van der Waals surface area (Å²) in [6.07, 6.45) is 1.57. The van der Waals surface area contributed by atoms with E-state index in [-0.39, 0.29) is 0 Å². The van der Waals surface area contributed by atoms with E-state index in [1.54, 1.807) is 12.3 Å². The van der Waals surface area contributed by atoms with E-state index in [1.807, 2.05) is 31.2 Å². The molecule has 0 bridgehead atoms. The molecule has 1 aromatic heterocycles. The molecule has 4 nitrogen and oxygen atoms in total. The Balaban J connectivity index is 2.37. The fourth-order valence-electron chi connectivity index (χ4n) is 1.46. The number of nitrogens with one attached hydrogen (secondary N) is 1. The highest BCUT2D eigenvalue weighted by Crippen LogP contribution is 2.20. The van der Waals surface area contributed by atoms with Gasteiger partial charge in [0.25, 0.3) is 0 Å². The highest BCUT2D eigenvalue weighted by Gasteiger charge is 2.07. The standard InChI is InChI=1S/C12H12N4S/c1-8-4-2-3-5-10(8)15-12-9(11(13)17)6-7-14-16-12/h2-7H,1H3,(H2,13,17)(H,15,16). The highest BCUT2D eigenvalue weighted by molar-refractivity contribution is 7.80. The van der Waals surface area contributed by atoms with Gasteiger partial charge in [-0.25, -0.2) is 0 Å². The van der Waals surface area contributed by atoms with Crippen molar-refractivity contribution in [3.05, 3.63) is 47.7 Å². The maximum absolute atomic E-state index is 5.63. The van der Waals surface area contributed by atoms with E-state index in [9.17, 15) is 0 Å². The molecule has 1 aromatic carbocycles. The minimum Gasteiger partial charge on any atom is -0.389 e. The summed E-state index contributed by atoms with van der Waals surface area (Å²) in [6, 6.07) is 9.65. The number of nitrogens with zero attached hydrogens (tertiary/aromatic N) is 2. The van der Waals surface area contributed by atoms with E-state index < -0.39 is 0 Å². The monoisotopic (exact) mass is 244 g/mol. The number of hydrogen-bond donors (Lipinski definition) is 2. The second kappa shape index (κ2) is 4.88. The molecule has 0 aliphatic heterocycles. The third-order valence-electron chi connectivity index (χ3n) is 2.38. The topological polar surface area (TPSA) is 63.8 Å². The zero-order valence-corrected chi connectivity index (χ0v) is 10.2. The molecule has 0 saturated carbocycles. The van der Waals surface area contributed by atoms with Crippen molar-refractivity contribution < 1.29 is 0 Å². The summed E-state index contributed by atoms with van der Waals surface area (Å²) in [5.41, 5.74) is 8.40. The van der Waals surface area contributed by atoms with Gasteiger partial charge in [0.15, 0.2) is 5.82 Å². The lowest BCUT2D eigenvalue weighted by Gasteiger charge is -2.10. The molecule has 0 amide bonds. The zero-order chi connectivity index (χ0) is 12.3. The molecule has 0 unspecified atom stereocenters. The van der Waals surface area contributed by atoms with Gasteiger partial charge >= 0.3 is 0 Å². The molecule has 5 heteroatoms. The van der Waals surface area contributed by atoms with Crippen LogP contribution in [0.2, 0.25) is 0 Å². The zero-order valence-electron chi connectivity index (χ0n) is 9.34. The number of para-hydroxylation sites is 1. The number of nitrogens with two attached hydrogens (primary N) is 1. The van der Waals surface area contributed by atoms with Crippen molar-refractivity contribution in [3.63, 3.8) is 0 Å². The van der Waals surface area contributed by atoms with Gasteiger partial charge in [-0.3, -0.25) is 0 Å². The second-order valence-electron chi connectivity index (χ2n) is 3.60. The summed E-state index contributed by atoms with van der Waals surface area (Å²) < 4.78 is 0. The van der Waals surface area contributed by atoms with Gasteiger partial charge < -0.3 is 11.1 Å². The molecular weight excluding hydrogens is 232 g/mol. The van der Waals surface area contributed by atoms with Crippen LogP contribution in [-0.2, 0) is 0 Å². The van der Waals surface area contributed by atoms with Crippen LogP contribution in [0.25, 0.3) is 0 Å². The van der Waals surface area contributed by atoms with Crippen LogP contribution in [0.5, 0.6) is 0 Å². The molecule has 0 radical (unpaired) electrons. The highest BCUT2D eigenvalue weighted by atomic mass is 32.1. The summed E-state index contributed by atoms with van der Waals surface area (Å²) in [4.78, 5) is 0.302. The van der Waals surface area contributed by atoms with Crippen LogP contribution in [0.1, 0.15) is 11.1 Å². The summed E-state index contributed by atoms with van der Waals surface area (Å²) in [6.45, 7) is 2.01. The van der Waals surface area contributed by atoms with E-state index in [0.717, 1.165) is 11.3 Å². The van der Waals surface area contributed by atoms with Gasteiger partial charge in [-0.2, -0.15) is 5.10 Å². The lowest BCUT2D eigenvalue weighted by molar-refractivity contribution is 1.03. The summed E-state index contributed by atoms with van der Waals surface area (Å²) >= 11 is 4.97. The number of anilines is 2. The van der Waals surface area contributed by atoms with Gasteiger partial charge in [0, 0.05) is 5.69 Å². The van der Waals surface area contributed by atoms with Gasteiger partial charge in [-0.1, -0.05) is 30.4 Å².